The fourth-order valence-corrected chi connectivity index (χ4v) is 3.94. The minimum absolute atomic E-state index is 0.214. The molecule has 2 aromatic rings. The van der Waals surface area contributed by atoms with Crippen molar-refractivity contribution in [2.24, 2.45) is 5.73 Å². The van der Waals surface area contributed by atoms with Crippen molar-refractivity contribution in [3.05, 3.63) is 22.7 Å². The highest BCUT2D eigenvalue weighted by atomic mass is 35.5. The van der Waals surface area contributed by atoms with Crippen molar-refractivity contribution in [3.8, 4) is 0 Å². The Kier molecular flexibility index (Phi) is 3.78. The van der Waals surface area contributed by atoms with Crippen LogP contribution in [0, 0.1) is 0 Å². The highest BCUT2D eigenvalue weighted by molar-refractivity contribution is 8.01. The number of benzene rings is 1. The molecule has 110 valence electrons. The number of rotatable bonds is 3. The van der Waals surface area contributed by atoms with E-state index in [9.17, 15) is 4.79 Å². The number of anilines is 2. The van der Waals surface area contributed by atoms with E-state index in [1.807, 2.05) is 25.1 Å². The Morgan fingerprint density at radius 2 is 2.19 bits per heavy atom. The summed E-state index contributed by atoms with van der Waals surface area (Å²) in [5.74, 6) is -0.214. The molecule has 1 unspecified atom stereocenters. The van der Waals surface area contributed by atoms with Crippen molar-refractivity contribution >= 4 is 51.4 Å². The van der Waals surface area contributed by atoms with Crippen LogP contribution in [-0.2, 0) is 4.79 Å². The van der Waals surface area contributed by atoms with Gasteiger partial charge in [-0.1, -0.05) is 34.7 Å². The molecule has 3 N–H and O–H groups in total. The molecular formula is C12H12ClN5OS2. The Bertz CT molecular complexity index is 718. The molecule has 1 aliphatic rings. The van der Waals surface area contributed by atoms with E-state index in [0.717, 1.165) is 19.9 Å². The lowest BCUT2D eigenvalue weighted by Gasteiger charge is -2.06. The maximum absolute atomic E-state index is 11.6. The zero-order valence-electron chi connectivity index (χ0n) is 11.3. The van der Waals surface area contributed by atoms with Crippen molar-refractivity contribution in [1.82, 2.24) is 10.2 Å². The number of hydrogen-bond donors (Lipinski definition) is 2. The Labute approximate surface area is 134 Å². The molecule has 1 aromatic carbocycles. The van der Waals surface area contributed by atoms with Crippen LogP contribution in [0.2, 0.25) is 5.02 Å². The Morgan fingerprint density at radius 1 is 1.43 bits per heavy atom. The molecule has 2 heterocycles. The standard InChI is InChI=1S/C12H12ClN5OS2/c1-18(2)11-16-17-12(21-11)20-8-4-7-5(3-6(8)13)9(14)10(19)15-7/h3-4,9H,14H2,1-2H3,(H,15,19). The summed E-state index contributed by atoms with van der Waals surface area (Å²) in [6, 6.07) is 2.90. The highest BCUT2D eigenvalue weighted by Crippen LogP contribution is 2.41. The quantitative estimate of drug-likeness (QED) is 0.891. The maximum Gasteiger partial charge on any atom is 0.245 e. The molecule has 1 aromatic heterocycles. The molecule has 0 spiro atoms. The number of aromatic nitrogens is 2. The van der Waals surface area contributed by atoms with E-state index in [4.69, 9.17) is 17.3 Å². The lowest BCUT2D eigenvalue weighted by molar-refractivity contribution is -0.116. The van der Waals surface area contributed by atoms with Gasteiger partial charge in [0.15, 0.2) is 4.34 Å². The largest absolute Gasteiger partial charge is 0.353 e. The monoisotopic (exact) mass is 341 g/mol. The van der Waals surface area contributed by atoms with E-state index in [1.54, 1.807) is 6.07 Å². The van der Waals surface area contributed by atoms with Crippen LogP contribution in [0.3, 0.4) is 0 Å². The van der Waals surface area contributed by atoms with E-state index in [1.165, 1.54) is 23.1 Å². The van der Waals surface area contributed by atoms with Gasteiger partial charge in [-0.2, -0.15) is 0 Å². The first-order valence-electron chi connectivity index (χ1n) is 6.04. The molecule has 0 radical (unpaired) electrons. The number of fused-ring (bicyclic) bond motifs is 1. The number of carbonyl (C=O) groups excluding carboxylic acids is 1. The van der Waals surface area contributed by atoms with Gasteiger partial charge in [0.05, 0.1) is 5.02 Å². The third kappa shape index (κ3) is 2.71. The minimum Gasteiger partial charge on any atom is -0.353 e. The van der Waals surface area contributed by atoms with Gasteiger partial charge in [0, 0.05) is 30.2 Å². The van der Waals surface area contributed by atoms with Gasteiger partial charge >= 0.3 is 0 Å². The maximum atomic E-state index is 11.6. The topological polar surface area (TPSA) is 84.1 Å². The second-order valence-electron chi connectivity index (χ2n) is 4.68. The fraction of sp³-hybridized carbons (Fsp3) is 0.250. The van der Waals surface area contributed by atoms with E-state index in [-0.39, 0.29) is 5.91 Å². The first-order valence-corrected chi connectivity index (χ1v) is 8.05. The Hall–Kier alpha value is -1.35. The second-order valence-corrected chi connectivity index (χ2v) is 7.34. The molecule has 0 saturated heterocycles. The number of carbonyl (C=O) groups is 1. The molecule has 0 bridgehead atoms. The number of amides is 1. The summed E-state index contributed by atoms with van der Waals surface area (Å²) in [5, 5.41) is 12.3. The molecule has 9 heteroatoms. The van der Waals surface area contributed by atoms with Crippen LogP contribution in [0.1, 0.15) is 11.6 Å². The molecule has 1 aliphatic heterocycles. The van der Waals surface area contributed by atoms with Gasteiger partial charge in [-0.3, -0.25) is 4.79 Å². The SMILES string of the molecule is CN(C)c1nnc(Sc2cc3c(cc2Cl)C(N)C(=O)N3)s1. The van der Waals surface area contributed by atoms with Gasteiger partial charge in [-0.15, -0.1) is 10.2 Å². The van der Waals surface area contributed by atoms with Crippen molar-refractivity contribution in [2.45, 2.75) is 15.3 Å². The predicted molar refractivity (Wildman–Crippen MR) is 85.4 cm³/mol. The van der Waals surface area contributed by atoms with Crippen LogP contribution in [0.25, 0.3) is 0 Å². The molecule has 21 heavy (non-hydrogen) atoms. The molecular weight excluding hydrogens is 330 g/mol. The summed E-state index contributed by atoms with van der Waals surface area (Å²) in [6.45, 7) is 0. The minimum atomic E-state index is -0.654. The summed E-state index contributed by atoms with van der Waals surface area (Å²) >= 11 is 9.16. The molecule has 3 rings (SSSR count). The average Bonchev–Trinajstić information content (AvgIpc) is 2.99. The van der Waals surface area contributed by atoms with Gasteiger partial charge < -0.3 is 16.0 Å². The summed E-state index contributed by atoms with van der Waals surface area (Å²) < 4.78 is 0.786. The van der Waals surface area contributed by atoms with Gasteiger partial charge in [0.2, 0.25) is 11.0 Å². The summed E-state index contributed by atoms with van der Waals surface area (Å²) in [6.07, 6.45) is 0. The molecule has 1 atom stereocenters. The molecule has 0 saturated carbocycles. The van der Waals surface area contributed by atoms with Crippen LogP contribution in [0.4, 0.5) is 10.8 Å². The predicted octanol–water partition coefficient (Wildman–Crippen LogP) is 2.36. The number of halogens is 1. The van der Waals surface area contributed by atoms with Crippen LogP contribution >= 0.6 is 34.7 Å². The molecule has 0 aliphatic carbocycles. The lowest BCUT2D eigenvalue weighted by atomic mass is 10.1. The summed E-state index contributed by atoms with van der Waals surface area (Å²) in [5.41, 5.74) is 7.22. The third-order valence-electron chi connectivity index (χ3n) is 2.96. The smallest absolute Gasteiger partial charge is 0.245 e. The first-order chi connectivity index (χ1) is 9.95. The van der Waals surface area contributed by atoms with Crippen LogP contribution in [0.5, 0.6) is 0 Å². The average molecular weight is 342 g/mol. The van der Waals surface area contributed by atoms with Gasteiger partial charge in [-0.25, -0.2) is 0 Å². The van der Waals surface area contributed by atoms with Crippen molar-refractivity contribution in [3.63, 3.8) is 0 Å². The summed E-state index contributed by atoms with van der Waals surface area (Å²) in [4.78, 5) is 14.3. The lowest BCUT2D eigenvalue weighted by Crippen LogP contribution is -2.19. The molecule has 1 amide bonds. The van der Waals surface area contributed by atoms with Crippen molar-refractivity contribution < 1.29 is 4.79 Å². The van der Waals surface area contributed by atoms with E-state index in [0.29, 0.717) is 10.7 Å². The van der Waals surface area contributed by atoms with E-state index in [2.05, 4.69) is 15.5 Å². The number of nitrogens with one attached hydrogen (secondary N) is 1. The highest BCUT2D eigenvalue weighted by Gasteiger charge is 2.28. The Balaban J connectivity index is 1.89. The zero-order chi connectivity index (χ0) is 15.1. The van der Waals surface area contributed by atoms with Crippen molar-refractivity contribution in [2.75, 3.05) is 24.3 Å². The third-order valence-corrected chi connectivity index (χ3v) is 5.58. The second kappa shape index (κ2) is 5.45. The Morgan fingerprint density at radius 3 is 2.86 bits per heavy atom. The number of hydrogen-bond acceptors (Lipinski definition) is 7. The first kappa shape index (κ1) is 14.6. The summed E-state index contributed by atoms with van der Waals surface area (Å²) in [7, 11) is 3.82. The zero-order valence-corrected chi connectivity index (χ0v) is 13.6. The van der Waals surface area contributed by atoms with Crippen LogP contribution in [-0.4, -0.2) is 30.2 Å². The van der Waals surface area contributed by atoms with Gasteiger partial charge in [0.25, 0.3) is 0 Å². The normalized spacial score (nSPS) is 16.8. The molecule has 0 fully saturated rings. The van der Waals surface area contributed by atoms with E-state index < -0.39 is 6.04 Å². The van der Waals surface area contributed by atoms with Crippen molar-refractivity contribution in [1.29, 1.82) is 0 Å². The number of nitrogens with zero attached hydrogens (tertiary/aromatic N) is 3. The number of nitrogens with two attached hydrogens (primary N) is 1. The van der Waals surface area contributed by atoms with Gasteiger partial charge in [-0.05, 0) is 12.1 Å². The van der Waals surface area contributed by atoms with Crippen LogP contribution in [0.15, 0.2) is 21.4 Å². The van der Waals surface area contributed by atoms with E-state index >= 15 is 0 Å². The van der Waals surface area contributed by atoms with Crippen LogP contribution < -0.4 is 16.0 Å². The van der Waals surface area contributed by atoms with Gasteiger partial charge in [0.1, 0.15) is 6.04 Å². The fourth-order valence-electron chi connectivity index (χ4n) is 1.88. The molecule has 6 nitrogen and oxygen atoms in total.